The normalized spacial score (nSPS) is 14.7. The van der Waals surface area contributed by atoms with Crippen LogP contribution in [0.15, 0.2) is 47.5 Å². The predicted molar refractivity (Wildman–Crippen MR) is 106 cm³/mol. The van der Waals surface area contributed by atoms with E-state index < -0.39 is 0 Å². The summed E-state index contributed by atoms with van der Waals surface area (Å²) in [5.41, 5.74) is 1.34. The molecule has 0 amide bonds. The van der Waals surface area contributed by atoms with Gasteiger partial charge in [-0.2, -0.15) is 0 Å². The fourth-order valence-electron chi connectivity index (χ4n) is 3.62. The highest BCUT2D eigenvalue weighted by Gasteiger charge is 2.11. The highest BCUT2D eigenvalue weighted by atomic mass is 16.5. The third-order valence-corrected chi connectivity index (χ3v) is 5.02. The minimum Gasteiger partial charge on any atom is -0.494 e. The van der Waals surface area contributed by atoms with Crippen LogP contribution in [0.1, 0.15) is 25.1 Å². The summed E-state index contributed by atoms with van der Waals surface area (Å²) in [6.07, 6.45) is 6.89. The van der Waals surface area contributed by atoms with Gasteiger partial charge in [0.2, 0.25) is 0 Å². The third-order valence-electron chi connectivity index (χ3n) is 5.02. The molecule has 0 saturated carbocycles. The summed E-state index contributed by atoms with van der Waals surface area (Å²) < 4.78 is 7.46. The van der Waals surface area contributed by atoms with E-state index in [0.717, 1.165) is 24.4 Å². The van der Waals surface area contributed by atoms with E-state index in [1.54, 1.807) is 23.0 Å². The number of hydrogen-bond acceptors (Lipinski definition) is 5. The molecule has 27 heavy (non-hydrogen) atoms. The van der Waals surface area contributed by atoms with Crippen molar-refractivity contribution in [3.05, 3.63) is 58.9 Å². The summed E-state index contributed by atoms with van der Waals surface area (Å²) in [6.45, 7) is 6.09. The molecule has 3 aromatic rings. The maximum absolute atomic E-state index is 12.8. The molecule has 6 nitrogen and oxygen atoms in total. The van der Waals surface area contributed by atoms with Crippen LogP contribution < -0.4 is 10.3 Å². The number of aromatic nitrogens is 3. The molecule has 0 spiro atoms. The number of nitrogens with zero attached hydrogens (tertiary/aromatic N) is 4. The van der Waals surface area contributed by atoms with Crippen LogP contribution in [0.5, 0.6) is 5.75 Å². The average Bonchev–Trinajstić information content (AvgIpc) is 3.20. The van der Waals surface area contributed by atoms with Gasteiger partial charge in [-0.15, -0.1) is 0 Å². The van der Waals surface area contributed by atoms with Crippen molar-refractivity contribution in [3.8, 4) is 11.4 Å². The van der Waals surface area contributed by atoms with Crippen molar-refractivity contribution in [3.63, 3.8) is 0 Å². The molecule has 1 aromatic carbocycles. The quantitative estimate of drug-likeness (QED) is 0.630. The smallest absolute Gasteiger partial charge is 0.267 e. The lowest BCUT2D eigenvalue weighted by Gasteiger charge is -2.15. The van der Waals surface area contributed by atoms with Crippen molar-refractivity contribution in [1.29, 1.82) is 0 Å². The standard InChI is InChI=1S/C21H24N4O2/c1-16-23-20-9-10-22-15-19(20)21(26)25(16)17-5-7-18(8-6-17)27-14-4-13-24-11-2-3-12-24/h5-10,15H,2-4,11-14H2,1H3. The van der Waals surface area contributed by atoms with Crippen LogP contribution in [-0.4, -0.2) is 45.7 Å². The Morgan fingerprint density at radius 3 is 2.67 bits per heavy atom. The Balaban J connectivity index is 1.46. The van der Waals surface area contributed by atoms with Gasteiger partial charge < -0.3 is 9.64 Å². The van der Waals surface area contributed by atoms with Crippen LogP contribution in [0.25, 0.3) is 16.6 Å². The second-order valence-electron chi connectivity index (χ2n) is 6.94. The molecule has 140 valence electrons. The Morgan fingerprint density at radius 2 is 1.89 bits per heavy atom. The van der Waals surface area contributed by atoms with E-state index in [0.29, 0.717) is 23.3 Å². The topological polar surface area (TPSA) is 60.3 Å². The SMILES string of the molecule is Cc1nc2ccncc2c(=O)n1-c1ccc(OCCCN2CCCC2)cc1. The van der Waals surface area contributed by atoms with Crippen molar-refractivity contribution in [2.24, 2.45) is 0 Å². The van der Waals surface area contributed by atoms with Gasteiger partial charge in [0.05, 0.1) is 23.2 Å². The monoisotopic (exact) mass is 364 g/mol. The minimum absolute atomic E-state index is 0.107. The van der Waals surface area contributed by atoms with Crippen molar-refractivity contribution in [2.45, 2.75) is 26.2 Å². The fourth-order valence-corrected chi connectivity index (χ4v) is 3.62. The first-order valence-corrected chi connectivity index (χ1v) is 9.51. The number of pyridine rings is 1. The van der Waals surface area contributed by atoms with Gasteiger partial charge in [0, 0.05) is 18.9 Å². The highest BCUT2D eigenvalue weighted by Crippen LogP contribution is 2.17. The minimum atomic E-state index is -0.107. The first kappa shape index (κ1) is 17.7. The molecule has 0 bridgehead atoms. The van der Waals surface area contributed by atoms with Gasteiger partial charge in [0.25, 0.3) is 5.56 Å². The molecule has 0 aliphatic carbocycles. The zero-order valence-electron chi connectivity index (χ0n) is 15.6. The summed E-state index contributed by atoms with van der Waals surface area (Å²) >= 11 is 0. The van der Waals surface area contributed by atoms with Crippen molar-refractivity contribution in [1.82, 2.24) is 19.4 Å². The van der Waals surface area contributed by atoms with E-state index in [1.807, 2.05) is 31.2 Å². The lowest BCUT2D eigenvalue weighted by molar-refractivity contribution is 0.263. The molecule has 1 fully saturated rings. The summed E-state index contributed by atoms with van der Waals surface area (Å²) in [6, 6.07) is 9.37. The van der Waals surface area contributed by atoms with Crippen molar-refractivity contribution < 1.29 is 4.74 Å². The first-order chi connectivity index (χ1) is 13.2. The largest absolute Gasteiger partial charge is 0.494 e. The average molecular weight is 364 g/mol. The number of fused-ring (bicyclic) bond motifs is 1. The highest BCUT2D eigenvalue weighted by molar-refractivity contribution is 5.76. The van der Waals surface area contributed by atoms with E-state index in [4.69, 9.17) is 4.74 Å². The Morgan fingerprint density at radius 1 is 1.11 bits per heavy atom. The van der Waals surface area contributed by atoms with Gasteiger partial charge in [-0.05, 0) is 69.6 Å². The zero-order chi connectivity index (χ0) is 18.6. The summed E-state index contributed by atoms with van der Waals surface area (Å²) in [7, 11) is 0. The van der Waals surface area contributed by atoms with Gasteiger partial charge in [0.15, 0.2) is 0 Å². The van der Waals surface area contributed by atoms with Gasteiger partial charge >= 0.3 is 0 Å². The van der Waals surface area contributed by atoms with Crippen LogP contribution in [0.3, 0.4) is 0 Å². The second kappa shape index (κ2) is 7.88. The fraction of sp³-hybridized carbons (Fsp3) is 0.381. The maximum Gasteiger partial charge on any atom is 0.267 e. The zero-order valence-corrected chi connectivity index (χ0v) is 15.6. The van der Waals surface area contributed by atoms with Crippen LogP contribution in [-0.2, 0) is 0 Å². The number of ether oxygens (including phenoxy) is 1. The molecule has 2 aromatic heterocycles. The number of aryl methyl sites for hydroxylation is 1. The molecule has 1 aliphatic rings. The Hall–Kier alpha value is -2.73. The van der Waals surface area contributed by atoms with Crippen LogP contribution >= 0.6 is 0 Å². The lowest BCUT2D eigenvalue weighted by Crippen LogP contribution is -2.22. The number of likely N-dealkylation sites (tertiary alicyclic amines) is 1. The molecule has 1 saturated heterocycles. The van der Waals surface area contributed by atoms with Crippen molar-refractivity contribution in [2.75, 3.05) is 26.2 Å². The molecule has 4 rings (SSSR count). The maximum atomic E-state index is 12.8. The number of benzene rings is 1. The second-order valence-corrected chi connectivity index (χ2v) is 6.94. The molecule has 0 atom stereocenters. The van der Waals surface area contributed by atoms with Crippen LogP contribution in [0, 0.1) is 6.92 Å². The molecular formula is C21H24N4O2. The summed E-state index contributed by atoms with van der Waals surface area (Å²) in [4.78, 5) is 23.9. The summed E-state index contributed by atoms with van der Waals surface area (Å²) in [5.74, 6) is 1.47. The van der Waals surface area contributed by atoms with Crippen LogP contribution in [0.4, 0.5) is 0 Å². The van der Waals surface area contributed by atoms with Gasteiger partial charge in [-0.3, -0.25) is 14.3 Å². The van der Waals surface area contributed by atoms with E-state index in [-0.39, 0.29) is 5.56 Å². The van der Waals surface area contributed by atoms with E-state index in [1.165, 1.54) is 25.9 Å². The van der Waals surface area contributed by atoms with E-state index >= 15 is 0 Å². The van der Waals surface area contributed by atoms with Crippen LogP contribution in [0.2, 0.25) is 0 Å². The molecule has 1 aliphatic heterocycles. The van der Waals surface area contributed by atoms with Gasteiger partial charge in [-0.1, -0.05) is 0 Å². The van der Waals surface area contributed by atoms with Gasteiger partial charge in [0.1, 0.15) is 11.6 Å². The Kier molecular flexibility index (Phi) is 5.16. The first-order valence-electron chi connectivity index (χ1n) is 9.51. The molecule has 0 radical (unpaired) electrons. The molecule has 6 heteroatoms. The third kappa shape index (κ3) is 3.85. The van der Waals surface area contributed by atoms with E-state index in [9.17, 15) is 4.79 Å². The lowest BCUT2D eigenvalue weighted by atomic mass is 10.2. The van der Waals surface area contributed by atoms with Crippen molar-refractivity contribution >= 4 is 10.9 Å². The summed E-state index contributed by atoms with van der Waals surface area (Å²) in [5, 5.41) is 0.519. The van der Waals surface area contributed by atoms with E-state index in [2.05, 4.69) is 14.9 Å². The Bertz CT molecular complexity index is 976. The molecule has 0 N–H and O–H groups in total. The Labute approximate surface area is 158 Å². The molecule has 0 unspecified atom stereocenters. The number of rotatable bonds is 6. The number of hydrogen-bond donors (Lipinski definition) is 0. The molecular weight excluding hydrogens is 340 g/mol. The van der Waals surface area contributed by atoms with Gasteiger partial charge in [-0.25, -0.2) is 4.98 Å². The molecule has 3 heterocycles. The predicted octanol–water partition coefficient (Wildman–Crippen LogP) is 2.95.